The standard InChI is InChI=1S/C27H32ClF2N5O3/c1-34-26(35-6-5-17(13-35)31-21(36)9-18-19(29)3-2-4-20(18)30)22(28)24(33-34)25(37)32-23-15-7-14-8-16(23)12-27(38,10-14)11-15/h2-4,14-17,23,38H,5-13H2,1H3,(H,31,36)(H,32,37)/t14?,15?,16?,17-,23?,27?/m0/s1. The molecule has 7 rings (SSSR count). The molecule has 2 aromatic rings. The van der Waals surface area contributed by atoms with Gasteiger partial charge in [-0.15, -0.1) is 0 Å². The van der Waals surface area contributed by atoms with Crippen molar-refractivity contribution in [2.24, 2.45) is 24.8 Å². The number of hydrogen-bond donors (Lipinski definition) is 3. The second kappa shape index (κ2) is 9.48. The van der Waals surface area contributed by atoms with Crippen molar-refractivity contribution < 1.29 is 23.5 Å². The summed E-state index contributed by atoms with van der Waals surface area (Å²) < 4.78 is 29.4. The molecule has 1 aliphatic heterocycles. The van der Waals surface area contributed by atoms with Crippen LogP contribution < -0.4 is 15.5 Å². The Morgan fingerprint density at radius 3 is 2.50 bits per heavy atom. The number of hydrogen-bond acceptors (Lipinski definition) is 5. The number of nitrogens with one attached hydrogen (secondary N) is 2. The van der Waals surface area contributed by atoms with Gasteiger partial charge >= 0.3 is 0 Å². The zero-order valence-corrected chi connectivity index (χ0v) is 22.0. The van der Waals surface area contributed by atoms with Crippen molar-refractivity contribution in [3.05, 3.63) is 46.1 Å². The van der Waals surface area contributed by atoms with Crippen LogP contribution in [0.2, 0.25) is 5.02 Å². The first-order valence-corrected chi connectivity index (χ1v) is 13.7. The molecule has 8 nitrogen and oxygen atoms in total. The highest BCUT2D eigenvalue weighted by Crippen LogP contribution is 2.55. The molecule has 38 heavy (non-hydrogen) atoms. The Balaban J connectivity index is 1.09. The van der Waals surface area contributed by atoms with Crippen LogP contribution in [0.4, 0.5) is 14.6 Å². The van der Waals surface area contributed by atoms with Gasteiger partial charge in [0.05, 0.1) is 12.0 Å². The second-order valence-electron chi connectivity index (χ2n) is 11.7. The topological polar surface area (TPSA) is 99.5 Å². The number of carbonyl (C=O) groups is 2. The molecule has 5 fully saturated rings. The number of aromatic nitrogens is 2. The van der Waals surface area contributed by atoms with Crippen LogP contribution >= 0.6 is 11.6 Å². The molecule has 0 spiro atoms. The van der Waals surface area contributed by atoms with Crippen LogP contribution in [-0.4, -0.2) is 57.5 Å². The fourth-order valence-corrected chi connectivity index (χ4v) is 7.99. The van der Waals surface area contributed by atoms with Crippen LogP contribution in [0.5, 0.6) is 0 Å². The number of benzene rings is 1. The summed E-state index contributed by atoms with van der Waals surface area (Å²) >= 11 is 6.69. The molecule has 1 aromatic carbocycles. The van der Waals surface area contributed by atoms with Crippen molar-refractivity contribution in [1.82, 2.24) is 20.4 Å². The first-order valence-electron chi connectivity index (χ1n) is 13.3. The molecule has 204 valence electrons. The van der Waals surface area contributed by atoms with Crippen molar-refractivity contribution in [2.45, 2.75) is 62.6 Å². The minimum absolute atomic E-state index is 0.0199. The Hall–Kier alpha value is -2.72. The maximum Gasteiger partial charge on any atom is 0.273 e. The van der Waals surface area contributed by atoms with Crippen molar-refractivity contribution in [2.75, 3.05) is 18.0 Å². The van der Waals surface area contributed by atoms with E-state index in [9.17, 15) is 23.5 Å². The Labute approximate surface area is 224 Å². The quantitative estimate of drug-likeness (QED) is 0.516. The summed E-state index contributed by atoms with van der Waals surface area (Å²) in [6.07, 6.45) is 4.66. The fourth-order valence-electron chi connectivity index (χ4n) is 7.63. The number of amides is 2. The number of nitrogens with zero attached hydrogens (tertiary/aromatic N) is 3. The van der Waals surface area contributed by atoms with Crippen molar-refractivity contribution in [1.29, 1.82) is 0 Å². The molecule has 11 heteroatoms. The monoisotopic (exact) mass is 547 g/mol. The average Bonchev–Trinajstić information content (AvgIpc) is 3.40. The van der Waals surface area contributed by atoms with E-state index in [0.717, 1.165) is 44.2 Å². The maximum atomic E-state index is 13.9. The molecular weight excluding hydrogens is 516 g/mol. The molecule has 1 saturated heterocycles. The van der Waals surface area contributed by atoms with Gasteiger partial charge in [0.15, 0.2) is 5.69 Å². The molecule has 0 radical (unpaired) electrons. The highest BCUT2D eigenvalue weighted by molar-refractivity contribution is 6.36. The molecule has 3 atom stereocenters. The summed E-state index contributed by atoms with van der Waals surface area (Å²) in [5.74, 6) is -0.570. The summed E-state index contributed by atoms with van der Waals surface area (Å²) in [5.41, 5.74) is -0.656. The van der Waals surface area contributed by atoms with E-state index < -0.39 is 23.1 Å². The minimum atomic E-state index is -0.745. The van der Waals surface area contributed by atoms with Crippen LogP contribution in [-0.2, 0) is 18.3 Å². The Kier molecular flexibility index (Phi) is 6.38. The van der Waals surface area contributed by atoms with Crippen LogP contribution in [0.3, 0.4) is 0 Å². The largest absolute Gasteiger partial charge is 0.390 e. The minimum Gasteiger partial charge on any atom is -0.390 e. The van der Waals surface area contributed by atoms with Crippen molar-refractivity contribution in [3.8, 4) is 0 Å². The second-order valence-corrected chi connectivity index (χ2v) is 12.1. The van der Waals surface area contributed by atoms with Gasteiger partial charge in [-0.05, 0) is 68.4 Å². The van der Waals surface area contributed by atoms with Crippen LogP contribution in [0.1, 0.15) is 54.6 Å². The number of aryl methyl sites for hydroxylation is 1. The first kappa shape index (κ1) is 25.6. The van der Waals surface area contributed by atoms with Gasteiger partial charge in [0.1, 0.15) is 22.5 Å². The fraction of sp³-hybridized carbons (Fsp3) is 0.593. The number of aliphatic hydroxyl groups is 1. The number of anilines is 1. The molecule has 2 amide bonds. The lowest BCUT2D eigenvalue weighted by atomic mass is 9.52. The van der Waals surface area contributed by atoms with E-state index in [1.165, 1.54) is 6.07 Å². The lowest BCUT2D eigenvalue weighted by molar-refractivity contribution is -0.137. The summed E-state index contributed by atoms with van der Waals surface area (Å²) in [6, 6.07) is 3.31. The zero-order valence-electron chi connectivity index (χ0n) is 21.2. The van der Waals surface area contributed by atoms with E-state index in [1.807, 2.05) is 4.90 Å². The summed E-state index contributed by atoms with van der Waals surface area (Å²) in [5, 5.41) is 21.6. The molecule has 1 aromatic heterocycles. The van der Waals surface area contributed by atoms with Crippen LogP contribution in [0, 0.1) is 29.4 Å². The van der Waals surface area contributed by atoms with Crippen molar-refractivity contribution >= 4 is 29.2 Å². The highest BCUT2D eigenvalue weighted by atomic mass is 35.5. The Morgan fingerprint density at radius 1 is 1.16 bits per heavy atom. The van der Waals surface area contributed by atoms with Crippen molar-refractivity contribution in [3.63, 3.8) is 0 Å². The van der Waals surface area contributed by atoms with E-state index in [-0.39, 0.29) is 52.5 Å². The Morgan fingerprint density at radius 2 is 1.84 bits per heavy atom. The smallest absolute Gasteiger partial charge is 0.273 e. The molecule has 2 unspecified atom stereocenters. The average molecular weight is 548 g/mol. The predicted octanol–water partition coefficient (Wildman–Crippen LogP) is 2.96. The van der Waals surface area contributed by atoms with Gasteiger partial charge in [0.2, 0.25) is 5.91 Å². The summed E-state index contributed by atoms with van der Waals surface area (Å²) in [7, 11) is 1.73. The molecule has 3 N–H and O–H groups in total. The maximum absolute atomic E-state index is 13.9. The lowest BCUT2D eigenvalue weighted by Gasteiger charge is -2.58. The van der Waals surface area contributed by atoms with E-state index in [0.29, 0.717) is 31.2 Å². The van der Waals surface area contributed by atoms with E-state index in [2.05, 4.69) is 15.7 Å². The lowest BCUT2D eigenvalue weighted by Crippen LogP contribution is -2.61. The molecule has 5 aliphatic rings. The van der Waals surface area contributed by atoms with Crippen LogP contribution in [0.15, 0.2) is 18.2 Å². The molecule has 4 aliphatic carbocycles. The molecule has 4 bridgehead atoms. The van der Waals surface area contributed by atoms with Gasteiger partial charge < -0.3 is 20.6 Å². The summed E-state index contributed by atoms with van der Waals surface area (Å²) in [4.78, 5) is 27.7. The van der Waals surface area contributed by atoms with Gasteiger partial charge in [-0.1, -0.05) is 17.7 Å². The van der Waals surface area contributed by atoms with Gasteiger partial charge in [-0.2, -0.15) is 5.10 Å². The van der Waals surface area contributed by atoms with Gasteiger partial charge in [0, 0.05) is 37.8 Å². The molecule has 2 heterocycles. The number of carbonyl (C=O) groups excluding carboxylic acids is 2. The van der Waals surface area contributed by atoms with E-state index >= 15 is 0 Å². The third-order valence-corrected chi connectivity index (χ3v) is 9.31. The first-order chi connectivity index (χ1) is 18.1. The highest BCUT2D eigenvalue weighted by Gasteiger charge is 2.55. The Bertz CT molecular complexity index is 1250. The third-order valence-electron chi connectivity index (χ3n) is 8.97. The number of halogens is 3. The normalized spacial score (nSPS) is 31.6. The van der Waals surface area contributed by atoms with Gasteiger partial charge in [-0.25, -0.2) is 8.78 Å². The van der Waals surface area contributed by atoms with Crippen LogP contribution in [0.25, 0.3) is 0 Å². The third kappa shape index (κ3) is 4.55. The van der Waals surface area contributed by atoms with Gasteiger partial charge in [-0.3, -0.25) is 14.3 Å². The molecule has 4 saturated carbocycles. The van der Waals surface area contributed by atoms with E-state index in [1.54, 1.807) is 11.7 Å². The van der Waals surface area contributed by atoms with Gasteiger partial charge in [0.25, 0.3) is 5.91 Å². The zero-order chi connectivity index (χ0) is 26.8. The summed E-state index contributed by atoms with van der Waals surface area (Å²) in [6.45, 7) is 1.00. The SMILES string of the molecule is Cn1nc(C(=O)NC2C3CC4CC2CC(O)(C4)C3)c(Cl)c1N1CC[C@H](NC(=O)Cc2c(F)cccc2F)C1. The molecular formula is C27H32ClF2N5O3. The number of rotatable bonds is 6. The van der Waals surface area contributed by atoms with E-state index in [4.69, 9.17) is 11.6 Å². The predicted molar refractivity (Wildman–Crippen MR) is 137 cm³/mol.